The van der Waals surface area contributed by atoms with Crippen LogP contribution in [0.15, 0.2) is 159 Å². The molecule has 0 nitrogen and oxygen atoms in total. The van der Waals surface area contributed by atoms with E-state index in [0.717, 1.165) is 12.8 Å². The molecule has 0 aliphatic carbocycles. The molecule has 0 heterocycles. The van der Waals surface area contributed by atoms with Gasteiger partial charge in [-0.3, -0.25) is 0 Å². The summed E-state index contributed by atoms with van der Waals surface area (Å²) < 4.78 is 0. The quantitative estimate of drug-likeness (QED) is 0.115. The molecule has 8 aromatic rings. The Morgan fingerprint density at radius 1 is 0.294 bits per heavy atom. The van der Waals surface area contributed by atoms with Crippen LogP contribution in [-0.2, 0) is 12.8 Å². The van der Waals surface area contributed by atoms with Crippen LogP contribution in [0, 0.1) is 0 Å². The number of benzene rings is 8. The predicted octanol–water partition coefficient (Wildman–Crippen LogP) is 14.7. The van der Waals surface area contributed by atoms with Gasteiger partial charge >= 0.3 is 0 Å². The van der Waals surface area contributed by atoms with E-state index < -0.39 is 0 Å². The van der Waals surface area contributed by atoms with Gasteiger partial charge in [-0.2, -0.15) is 0 Å². The van der Waals surface area contributed by atoms with E-state index in [2.05, 4.69) is 159 Å². The Morgan fingerprint density at radius 3 is 0.961 bits per heavy atom. The van der Waals surface area contributed by atoms with Crippen molar-refractivity contribution in [1.29, 1.82) is 0 Å². The molecule has 0 spiro atoms. The first-order valence-electron chi connectivity index (χ1n) is 18.6. The zero-order chi connectivity index (χ0) is 34.6. The van der Waals surface area contributed by atoms with E-state index >= 15 is 0 Å². The Morgan fingerprint density at radius 2 is 0.588 bits per heavy atom. The van der Waals surface area contributed by atoms with Gasteiger partial charge in [0.25, 0.3) is 0 Å². The monoisotopic (exact) mass is 656 g/mol. The minimum Gasteiger partial charge on any atom is -0.0984 e. The lowest BCUT2D eigenvalue weighted by Gasteiger charge is -2.15. The largest absolute Gasteiger partial charge is 0.0984 e. The van der Waals surface area contributed by atoms with Gasteiger partial charge in [0.15, 0.2) is 0 Å². The van der Waals surface area contributed by atoms with E-state index in [1.54, 1.807) is 0 Å². The van der Waals surface area contributed by atoms with Gasteiger partial charge in [-0.05, 0) is 113 Å². The Hall–Kier alpha value is -5.72. The fourth-order valence-corrected chi connectivity index (χ4v) is 8.26. The highest BCUT2D eigenvalue weighted by Crippen LogP contribution is 2.39. The molecule has 0 fully saturated rings. The van der Waals surface area contributed by atoms with Crippen LogP contribution in [0.2, 0.25) is 0 Å². The predicted molar refractivity (Wildman–Crippen MR) is 224 cm³/mol. The lowest BCUT2D eigenvalue weighted by molar-refractivity contribution is 0.615. The Bertz CT molecular complexity index is 2370. The fraction of sp³-hybridized carbons (Fsp3) is 0.137. The summed E-state index contributed by atoms with van der Waals surface area (Å²) in [5, 5.41) is 10.5. The van der Waals surface area contributed by atoms with E-state index in [1.807, 2.05) is 12.2 Å². The molecule has 0 N–H and O–H groups in total. The van der Waals surface area contributed by atoms with Crippen LogP contribution in [0.1, 0.15) is 54.4 Å². The summed E-state index contributed by atoms with van der Waals surface area (Å²) in [6, 6.07) is 53.7. The molecule has 8 aromatic carbocycles. The maximum Gasteiger partial charge on any atom is -0.00987 e. The molecule has 0 heteroatoms. The number of hydrogen-bond acceptors (Lipinski definition) is 0. The van der Waals surface area contributed by atoms with Gasteiger partial charge in [-0.15, -0.1) is 0 Å². The highest BCUT2D eigenvalue weighted by atomic mass is 14.2. The molecule has 0 saturated heterocycles. The van der Waals surface area contributed by atoms with Gasteiger partial charge in [0, 0.05) is 0 Å². The van der Waals surface area contributed by atoms with Crippen molar-refractivity contribution in [2.45, 2.75) is 44.9 Å². The average molecular weight is 657 g/mol. The minimum atomic E-state index is 1.12. The van der Waals surface area contributed by atoms with Crippen molar-refractivity contribution < 1.29 is 0 Å². The summed E-state index contributed by atoms with van der Waals surface area (Å²) in [4.78, 5) is 0. The molecular formula is C51H44. The molecule has 0 aliphatic rings. The van der Waals surface area contributed by atoms with Crippen LogP contribution in [0.4, 0.5) is 0 Å². The number of fused-ring (bicyclic) bond motifs is 4. The first kappa shape index (κ1) is 32.5. The maximum absolute atomic E-state index is 4.04. The van der Waals surface area contributed by atoms with Crippen LogP contribution in [-0.4, -0.2) is 0 Å². The normalized spacial score (nSPS) is 11.5. The molecule has 248 valence electrons. The molecule has 0 atom stereocenters. The average Bonchev–Trinajstić information content (AvgIpc) is 3.19. The van der Waals surface area contributed by atoms with E-state index in [0.29, 0.717) is 0 Å². The topological polar surface area (TPSA) is 0 Å². The van der Waals surface area contributed by atoms with Crippen LogP contribution >= 0.6 is 0 Å². The third-order valence-corrected chi connectivity index (χ3v) is 10.9. The van der Waals surface area contributed by atoms with Crippen molar-refractivity contribution in [3.63, 3.8) is 0 Å². The second-order valence-corrected chi connectivity index (χ2v) is 13.8. The molecule has 51 heavy (non-hydrogen) atoms. The summed E-state index contributed by atoms with van der Waals surface area (Å²) in [6.07, 6.45) is 12.4. The van der Waals surface area contributed by atoms with Crippen LogP contribution in [0.3, 0.4) is 0 Å². The summed E-state index contributed by atoms with van der Waals surface area (Å²) in [6.45, 7) is 8.09. The van der Waals surface area contributed by atoms with Crippen LogP contribution < -0.4 is 0 Å². The van der Waals surface area contributed by atoms with Gasteiger partial charge in [0.05, 0.1) is 0 Å². The molecule has 0 saturated carbocycles. The third kappa shape index (κ3) is 6.28. The first-order valence-corrected chi connectivity index (χ1v) is 18.6. The number of hydrogen-bond donors (Lipinski definition) is 0. The lowest BCUT2D eigenvalue weighted by atomic mass is 9.89. The van der Waals surface area contributed by atoms with Gasteiger partial charge in [-0.1, -0.05) is 190 Å². The summed E-state index contributed by atoms with van der Waals surface area (Å²) in [5.41, 5.74) is 10.5. The van der Waals surface area contributed by atoms with Crippen molar-refractivity contribution >= 4 is 55.2 Å². The smallest absolute Gasteiger partial charge is 0.00987 e. The van der Waals surface area contributed by atoms with Crippen LogP contribution in [0.5, 0.6) is 0 Å². The zero-order valence-electron chi connectivity index (χ0n) is 29.4. The maximum atomic E-state index is 4.04. The van der Waals surface area contributed by atoms with Crippen LogP contribution in [0.25, 0.3) is 77.5 Å². The van der Waals surface area contributed by atoms with Crippen molar-refractivity contribution in [3.8, 4) is 22.3 Å². The van der Waals surface area contributed by atoms with E-state index in [1.165, 1.54) is 120 Å². The van der Waals surface area contributed by atoms with Crippen molar-refractivity contribution in [3.05, 3.63) is 181 Å². The molecule has 0 aliphatic heterocycles. The summed E-state index contributed by atoms with van der Waals surface area (Å²) in [5.74, 6) is 0. The molecule has 0 aromatic heterocycles. The molecule has 0 radical (unpaired) electrons. The van der Waals surface area contributed by atoms with Crippen molar-refractivity contribution in [1.82, 2.24) is 0 Å². The first-order chi connectivity index (χ1) is 25.2. The number of aryl methyl sites for hydroxylation is 2. The van der Waals surface area contributed by atoms with Gasteiger partial charge in [0.2, 0.25) is 0 Å². The Balaban J connectivity index is 0.924. The van der Waals surface area contributed by atoms with E-state index in [4.69, 9.17) is 0 Å². The van der Waals surface area contributed by atoms with E-state index in [-0.39, 0.29) is 0 Å². The Labute approximate surface area is 302 Å². The SMILES string of the molecule is C=Cc1ccc(-c2ccc(CCCCCCCc3ccc(-c4ccc(C=C)c5ccccc45)c4ccccc34)c3ccccc23)c2ccccc12. The highest BCUT2D eigenvalue weighted by Gasteiger charge is 2.13. The highest BCUT2D eigenvalue weighted by molar-refractivity contribution is 6.09. The zero-order valence-corrected chi connectivity index (χ0v) is 29.4. The molecule has 8 rings (SSSR count). The summed E-state index contributed by atoms with van der Waals surface area (Å²) in [7, 11) is 0. The van der Waals surface area contributed by atoms with Gasteiger partial charge < -0.3 is 0 Å². The number of unbranched alkanes of at least 4 members (excludes halogenated alkanes) is 4. The minimum absolute atomic E-state index is 1.12. The van der Waals surface area contributed by atoms with E-state index in [9.17, 15) is 0 Å². The molecular weight excluding hydrogens is 613 g/mol. The molecule has 0 bridgehead atoms. The van der Waals surface area contributed by atoms with Gasteiger partial charge in [0.1, 0.15) is 0 Å². The number of rotatable bonds is 12. The second kappa shape index (κ2) is 14.6. The van der Waals surface area contributed by atoms with Crippen molar-refractivity contribution in [2.24, 2.45) is 0 Å². The lowest BCUT2D eigenvalue weighted by Crippen LogP contribution is -1.93. The molecule has 0 amide bonds. The molecule has 0 unspecified atom stereocenters. The summed E-state index contributed by atoms with van der Waals surface area (Å²) >= 11 is 0. The van der Waals surface area contributed by atoms with Gasteiger partial charge in [-0.25, -0.2) is 0 Å². The second-order valence-electron chi connectivity index (χ2n) is 13.8. The third-order valence-electron chi connectivity index (χ3n) is 10.9. The standard InChI is InChI=1S/C51H44/c1-3-36-28-32-48(44-24-14-10-20-40(36)44)50-34-30-38(42-22-12-16-26-46(42)50)18-8-6-5-7-9-19-39-31-35-51(47-27-17-13-23-43(39)47)49-33-29-37(4-2)41-21-11-15-25-45(41)49/h3-4,10-17,20-35H,1-2,5-9,18-19H2. The Kier molecular flexibility index (Phi) is 9.32. The fourth-order valence-electron chi connectivity index (χ4n) is 8.26. The van der Waals surface area contributed by atoms with Crippen molar-refractivity contribution in [2.75, 3.05) is 0 Å².